The minimum Gasteiger partial charge on any atom is -0.468 e. The summed E-state index contributed by atoms with van der Waals surface area (Å²) in [7, 11) is 2.21. The Morgan fingerprint density at radius 1 is 1.29 bits per heavy atom. The molecule has 1 aliphatic rings. The van der Waals surface area contributed by atoms with Gasteiger partial charge in [0.15, 0.2) is 0 Å². The highest BCUT2D eigenvalue weighted by molar-refractivity contribution is 5.12. The van der Waals surface area contributed by atoms with E-state index in [1.54, 1.807) is 6.26 Å². The van der Waals surface area contributed by atoms with Crippen LogP contribution >= 0.6 is 0 Å². The van der Waals surface area contributed by atoms with Gasteiger partial charge in [-0.2, -0.15) is 0 Å². The SMILES string of the molecule is CN(Cc1cc(CN)co1)C1CCCCCC1. The van der Waals surface area contributed by atoms with Gasteiger partial charge in [0, 0.05) is 18.2 Å². The third-order valence-electron chi connectivity index (χ3n) is 3.80. The summed E-state index contributed by atoms with van der Waals surface area (Å²) in [5.41, 5.74) is 6.68. The van der Waals surface area contributed by atoms with Crippen molar-refractivity contribution < 1.29 is 4.42 Å². The van der Waals surface area contributed by atoms with Gasteiger partial charge in [-0.25, -0.2) is 0 Å². The van der Waals surface area contributed by atoms with Crippen LogP contribution in [-0.2, 0) is 13.1 Å². The molecule has 1 fully saturated rings. The molecule has 3 nitrogen and oxygen atoms in total. The van der Waals surface area contributed by atoms with Crippen molar-refractivity contribution in [3.05, 3.63) is 23.7 Å². The summed E-state index contributed by atoms with van der Waals surface area (Å²) < 4.78 is 5.53. The number of nitrogens with two attached hydrogens (primary N) is 1. The van der Waals surface area contributed by atoms with Gasteiger partial charge in [-0.3, -0.25) is 4.90 Å². The average Bonchev–Trinajstić information content (AvgIpc) is 2.62. The normalized spacial score (nSPS) is 18.5. The molecule has 0 aliphatic heterocycles. The van der Waals surface area contributed by atoms with Crippen molar-refractivity contribution in [2.24, 2.45) is 5.73 Å². The highest BCUT2D eigenvalue weighted by atomic mass is 16.3. The summed E-state index contributed by atoms with van der Waals surface area (Å²) in [4.78, 5) is 2.43. The van der Waals surface area contributed by atoms with Crippen LogP contribution in [0.3, 0.4) is 0 Å². The first-order valence-corrected chi connectivity index (χ1v) is 6.76. The van der Waals surface area contributed by atoms with Crippen molar-refractivity contribution >= 4 is 0 Å². The van der Waals surface area contributed by atoms with E-state index in [0.29, 0.717) is 6.54 Å². The van der Waals surface area contributed by atoms with Gasteiger partial charge in [0.25, 0.3) is 0 Å². The minimum absolute atomic E-state index is 0.566. The molecule has 0 saturated heterocycles. The van der Waals surface area contributed by atoms with Gasteiger partial charge >= 0.3 is 0 Å². The second kappa shape index (κ2) is 6.22. The lowest BCUT2D eigenvalue weighted by atomic mass is 10.1. The van der Waals surface area contributed by atoms with Crippen LogP contribution in [0, 0.1) is 0 Å². The quantitative estimate of drug-likeness (QED) is 0.817. The Kier molecular flexibility index (Phi) is 4.63. The summed E-state index contributed by atoms with van der Waals surface area (Å²) in [6, 6.07) is 2.80. The van der Waals surface area contributed by atoms with E-state index in [2.05, 4.69) is 18.0 Å². The molecular formula is C14H24N2O. The van der Waals surface area contributed by atoms with Crippen LogP contribution in [0.4, 0.5) is 0 Å². The summed E-state index contributed by atoms with van der Waals surface area (Å²) >= 11 is 0. The van der Waals surface area contributed by atoms with Gasteiger partial charge in [0.2, 0.25) is 0 Å². The Hall–Kier alpha value is -0.800. The maximum atomic E-state index is 5.58. The molecule has 96 valence electrons. The van der Waals surface area contributed by atoms with Crippen molar-refractivity contribution in [1.29, 1.82) is 0 Å². The Bertz CT molecular complexity index is 327. The predicted molar refractivity (Wildman–Crippen MR) is 69.6 cm³/mol. The van der Waals surface area contributed by atoms with Crippen LogP contribution in [0.15, 0.2) is 16.7 Å². The molecule has 0 atom stereocenters. The van der Waals surface area contributed by atoms with Crippen molar-refractivity contribution in [3.8, 4) is 0 Å². The first-order valence-electron chi connectivity index (χ1n) is 6.76. The van der Waals surface area contributed by atoms with E-state index < -0.39 is 0 Å². The predicted octanol–water partition coefficient (Wildman–Crippen LogP) is 2.89. The zero-order valence-corrected chi connectivity index (χ0v) is 10.8. The summed E-state index contributed by atoms with van der Waals surface area (Å²) in [6.07, 6.45) is 10.0. The molecule has 0 unspecified atom stereocenters. The van der Waals surface area contributed by atoms with Crippen LogP contribution in [-0.4, -0.2) is 18.0 Å². The smallest absolute Gasteiger partial charge is 0.118 e. The van der Waals surface area contributed by atoms with Crippen LogP contribution in [0.2, 0.25) is 0 Å². The molecule has 0 aromatic carbocycles. The molecule has 2 N–H and O–H groups in total. The summed E-state index contributed by atoms with van der Waals surface area (Å²) in [6.45, 7) is 1.47. The molecule has 1 aromatic rings. The largest absolute Gasteiger partial charge is 0.468 e. The second-order valence-electron chi connectivity index (χ2n) is 5.19. The van der Waals surface area contributed by atoms with Gasteiger partial charge in [0.05, 0.1) is 12.8 Å². The number of furan rings is 1. The van der Waals surface area contributed by atoms with Crippen molar-refractivity contribution in [3.63, 3.8) is 0 Å². The maximum absolute atomic E-state index is 5.58. The van der Waals surface area contributed by atoms with E-state index in [-0.39, 0.29) is 0 Å². The number of hydrogen-bond acceptors (Lipinski definition) is 3. The molecule has 1 aromatic heterocycles. The lowest BCUT2D eigenvalue weighted by Crippen LogP contribution is -2.30. The molecule has 2 rings (SSSR count). The van der Waals surface area contributed by atoms with Crippen LogP contribution < -0.4 is 5.73 Å². The molecule has 0 bridgehead atoms. The second-order valence-corrected chi connectivity index (χ2v) is 5.19. The Morgan fingerprint density at radius 2 is 2.00 bits per heavy atom. The van der Waals surface area contributed by atoms with Crippen LogP contribution in [0.5, 0.6) is 0 Å². The fourth-order valence-electron chi connectivity index (χ4n) is 2.69. The average molecular weight is 236 g/mol. The van der Waals surface area contributed by atoms with E-state index in [1.807, 2.05) is 0 Å². The highest BCUT2D eigenvalue weighted by Gasteiger charge is 2.17. The lowest BCUT2D eigenvalue weighted by Gasteiger charge is -2.25. The highest BCUT2D eigenvalue weighted by Crippen LogP contribution is 2.22. The first-order chi connectivity index (χ1) is 8.29. The van der Waals surface area contributed by atoms with Gasteiger partial charge in [0.1, 0.15) is 5.76 Å². The van der Waals surface area contributed by atoms with Gasteiger partial charge in [-0.1, -0.05) is 25.7 Å². The molecule has 0 spiro atoms. The Labute approximate surface area is 104 Å². The first kappa shape index (κ1) is 12.7. The molecule has 1 aliphatic carbocycles. The van der Waals surface area contributed by atoms with Crippen LogP contribution in [0.1, 0.15) is 49.8 Å². The van der Waals surface area contributed by atoms with E-state index in [4.69, 9.17) is 10.2 Å². The third-order valence-corrected chi connectivity index (χ3v) is 3.80. The standard InChI is InChI=1S/C14H24N2O/c1-16(13-6-4-2-3-5-7-13)10-14-8-12(9-15)11-17-14/h8,11,13H,2-7,9-10,15H2,1H3. The number of rotatable bonds is 4. The fraction of sp³-hybridized carbons (Fsp3) is 0.714. The fourth-order valence-corrected chi connectivity index (χ4v) is 2.69. The summed E-state index contributed by atoms with van der Waals surface area (Å²) in [5, 5.41) is 0. The molecule has 17 heavy (non-hydrogen) atoms. The van der Waals surface area contributed by atoms with E-state index in [0.717, 1.165) is 23.9 Å². The van der Waals surface area contributed by atoms with Crippen molar-refractivity contribution in [1.82, 2.24) is 4.90 Å². The van der Waals surface area contributed by atoms with Gasteiger partial charge < -0.3 is 10.2 Å². The maximum Gasteiger partial charge on any atom is 0.118 e. The Morgan fingerprint density at radius 3 is 2.59 bits per heavy atom. The van der Waals surface area contributed by atoms with Crippen molar-refractivity contribution in [2.45, 2.75) is 57.7 Å². The summed E-state index contributed by atoms with van der Waals surface area (Å²) in [5.74, 6) is 1.04. The van der Waals surface area contributed by atoms with Gasteiger partial charge in [-0.05, 0) is 26.0 Å². The topological polar surface area (TPSA) is 42.4 Å². The van der Waals surface area contributed by atoms with Gasteiger partial charge in [-0.15, -0.1) is 0 Å². The minimum atomic E-state index is 0.566. The molecule has 1 heterocycles. The molecular weight excluding hydrogens is 212 g/mol. The number of hydrogen-bond donors (Lipinski definition) is 1. The van der Waals surface area contributed by atoms with Crippen molar-refractivity contribution in [2.75, 3.05) is 7.05 Å². The Balaban J connectivity index is 1.88. The van der Waals surface area contributed by atoms with E-state index in [9.17, 15) is 0 Å². The molecule has 0 amide bonds. The van der Waals surface area contributed by atoms with Crippen LogP contribution in [0.25, 0.3) is 0 Å². The monoisotopic (exact) mass is 236 g/mol. The molecule has 1 saturated carbocycles. The third kappa shape index (κ3) is 3.58. The van der Waals surface area contributed by atoms with E-state index >= 15 is 0 Å². The lowest BCUT2D eigenvalue weighted by molar-refractivity contribution is 0.198. The number of nitrogens with zero attached hydrogens (tertiary/aromatic N) is 1. The molecule has 0 radical (unpaired) electrons. The molecule has 3 heteroatoms. The zero-order valence-electron chi connectivity index (χ0n) is 10.8. The van der Waals surface area contributed by atoms with E-state index in [1.165, 1.54) is 38.5 Å². The zero-order chi connectivity index (χ0) is 12.1.